The van der Waals surface area contributed by atoms with Crippen LogP contribution in [0.25, 0.3) is 10.9 Å². The van der Waals surface area contributed by atoms with Gasteiger partial charge in [-0.25, -0.2) is 4.99 Å². The van der Waals surface area contributed by atoms with Crippen molar-refractivity contribution in [2.24, 2.45) is 10.1 Å². The van der Waals surface area contributed by atoms with Crippen molar-refractivity contribution in [1.82, 2.24) is 4.98 Å². The highest BCUT2D eigenvalue weighted by molar-refractivity contribution is 6.58. The number of aliphatic hydroxyl groups excluding tert-OH is 2. The average Bonchev–Trinajstić information content (AvgIpc) is 3.21. The Bertz CT molecular complexity index is 1040. The molecular weight excluding hydrogens is 346 g/mol. The number of para-hydroxylation sites is 2. The van der Waals surface area contributed by atoms with Crippen LogP contribution in [0, 0.1) is 0 Å². The third-order valence-electron chi connectivity index (χ3n) is 4.45. The number of aromatic nitrogens is 1. The molecule has 3 aromatic rings. The third kappa shape index (κ3) is 3.18. The van der Waals surface area contributed by atoms with Gasteiger partial charge < -0.3 is 25.1 Å². The highest BCUT2D eigenvalue weighted by Gasteiger charge is 2.29. The first-order valence-corrected chi connectivity index (χ1v) is 8.66. The Labute approximate surface area is 155 Å². The summed E-state index contributed by atoms with van der Waals surface area (Å²) in [6.45, 7) is -0.167. The maximum absolute atomic E-state index is 10.5. The van der Waals surface area contributed by atoms with Gasteiger partial charge in [0, 0.05) is 22.9 Å². The molecule has 0 saturated carbocycles. The predicted octanol–water partition coefficient (Wildman–Crippen LogP) is 2.47. The number of oxime groups is 1. The molecule has 138 valence electrons. The molecule has 4 N–H and O–H groups in total. The van der Waals surface area contributed by atoms with Crippen molar-refractivity contribution in [3.63, 3.8) is 0 Å². The van der Waals surface area contributed by atoms with Gasteiger partial charge in [0.1, 0.15) is 18.0 Å². The topological polar surface area (TPSA) is 110 Å². The lowest BCUT2D eigenvalue weighted by molar-refractivity contribution is 0.0507. The molecule has 27 heavy (non-hydrogen) atoms. The molecule has 1 atom stereocenters. The van der Waals surface area contributed by atoms with Gasteiger partial charge in [-0.2, -0.15) is 0 Å². The van der Waals surface area contributed by atoms with E-state index in [4.69, 9.17) is 9.94 Å². The van der Waals surface area contributed by atoms with Crippen LogP contribution in [0.3, 0.4) is 0 Å². The van der Waals surface area contributed by atoms with Gasteiger partial charge in [0.15, 0.2) is 5.88 Å². The monoisotopic (exact) mass is 365 g/mol. The lowest BCUT2D eigenvalue weighted by Gasteiger charge is -2.07. The molecule has 2 heterocycles. The number of hydrogen-bond donors (Lipinski definition) is 4. The molecule has 0 radical (unpaired) electrons. The highest BCUT2D eigenvalue weighted by Crippen LogP contribution is 2.35. The summed E-state index contributed by atoms with van der Waals surface area (Å²) in [4.78, 5) is 13.0. The Balaban J connectivity index is 1.73. The number of fused-ring (bicyclic) bond motifs is 2. The Morgan fingerprint density at radius 1 is 1.11 bits per heavy atom. The van der Waals surface area contributed by atoms with Gasteiger partial charge in [0.05, 0.1) is 24.0 Å². The first-order valence-electron chi connectivity index (χ1n) is 8.66. The maximum Gasteiger partial charge on any atom is 0.199 e. The average molecular weight is 365 g/mol. The zero-order valence-electron chi connectivity index (χ0n) is 14.5. The van der Waals surface area contributed by atoms with Gasteiger partial charge in [-0.05, 0) is 12.1 Å². The smallest absolute Gasteiger partial charge is 0.199 e. The first kappa shape index (κ1) is 17.3. The summed E-state index contributed by atoms with van der Waals surface area (Å²) in [5.74, 6) is 0.0196. The molecule has 1 aliphatic rings. The van der Waals surface area contributed by atoms with Crippen LogP contribution in [0.4, 0.5) is 5.69 Å². The molecule has 4 rings (SSSR count). The summed E-state index contributed by atoms with van der Waals surface area (Å²) in [6.07, 6.45) is -0.577. The second kappa shape index (κ2) is 7.22. The predicted molar refractivity (Wildman–Crippen MR) is 103 cm³/mol. The molecule has 7 heteroatoms. The first-order chi connectivity index (χ1) is 13.2. The van der Waals surface area contributed by atoms with E-state index in [-0.39, 0.29) is 25.5 Å². The molecule has 0 bridgehead atoms. The van der Waals surface area contributed by atoms with Crippen molar-refractivity contribution in [2.75, 3.05) is 13.2 Å². The summed E-state index contributed by atoms with van der Waals surface area (Å²) in [7, 11) is 0. The van der Waals surface area contributed by atoms with Crippen molar-refractivity contribution in [3.8, 4) is 5.88 Å². The number of benzene rings is 2. The van der Waals surface area contributed by atoms with E-state index in [1.165, 1.54) is 0 Å². The molecular formula is C20H19N3O4. The minimum atomic E-state index is -0.841. The van der Waals surface area contributed by atoms with E-state index in [0.29, 0.717) is 17.0 Å². The zero-order valence-corrected chi connectivity index (χ0v) is 14.5. The number of nitrogens with zero attached hydrogens (tertiary/aromatic N) is 2. The van der Waals surface area contributed by atoms with E-state index in [0.717, 1.165) is 22.2 Å². The van der Waals surface area contributed by atoms with E-state index < -0.39 is 6.10 Å². The SMILES string of the molecule is OC[C@@H](O)CCON=C1C(c2c(O)[nH]c3ccccc23)=Nc2ccccc21. The standard InChI is InChI=1S/C20H19N3O4/c24-11-12(25)9-10-27-23-18-14-6-2-4-8-16(14)21-19(18)17-13-5-1-3-7-15(13)22-20(17)26/h1-8,12,22,24-26H,9-11H2/t12-/m0/s1. The zero-order chi connectivity index (χ0) is 18.8. The third-order valence-corrected chi connectivity index (χ3v) is 4.45. The van der Waals surface area contributed by atoms with Gasteiger partial charge in [0.25, 0.3) is 0 Å². The molecule has 0 amide bonds. The number of H-pyrrole nitrogens is 1. The van der Waals surface area contributed by atoms with Gasteiger partial charge in [-0.15, -0.1) is 0 Å². The van der Waals surface area contributed by atoms with Gasteiger partial charge in [0.2, 0.25) is 0 Å². The van der Waals surface area contributed by atoms with Crippen LogP contribution >= 0.6 is 0 Å². The molecule has 0 unspecified atom stereocenters. The number of aromatic hydroxyl groups is 1. The molecule has 2 aromatic carbocycles. The minimum Gasteiger partial charge on any atom is -0.494 e. The van der Waals surface area contributed by atoms with E-state index >= 15 is 0 Å². The number of rotatable bonds is 6. The Kier molecular flexibility index (Phi) is 4.62. The van der Waals surface area contributed by atoms with Crippen LogP contribution < -0.4 is 0 Å². The molecule has 0 saturated heterocycles. The molecule has 0 fully saturated rings. The molecule has 0 aliphatic carbocycles. The summed E-state index contributed by atoms with van der Waals surface area (Å²) in [5, 5.41) is 33.8. The summed E-state index contributed by atoms with van der Waals surface area (Å²) in [6, 6.07) is 15.1. The van der Waals surface area contributed by atoms with Crippen molar-refractivity contribution in [1.29, 1.82) is 0 Å². The maximum atomic E-state index is 10.5. The van der Waals surface area contributed by atoms with Crippen LogP contribution in [0.5, 0.6) is 5.88 Å². The van der Waals surface area contributed by atoms with Crippen LogP contribution in [0.1, 0.15) is 17.5 Å². The van der Waals surface area contributed by atoms with Crippen molar-refractivity contribution >= 4 is 28.0 Å². The Morgan fingerprint density at radius 3 is 2.74 bits per heavy atom. The number of nitrogens with one attached hydrogen (secondary N) is 1. The van der Waals surface area contributed by atoms with E-state index in [1.54, 1.807) is 0 Å². The van der Waals surface area contributed by atoms with Crippen LogP contribution in [0.15, 0.2) is 58.7 Å². The minimum absolute atomic E-state index is 0.0196. The van der Waals surface area contributed by atoms with Gasteiger partial charge in [-0.3, -0.25) is 0 Å². The van der Waals surface area contributed by atoms with Crippen LogP contribution in [-0.2, 0) is 4.84 Å². The number of aliphatic imine (C=N–C) groups is 1. The quantitative estimate of drug-likeness (QED) is 0.397. The number of aliphatic hydroxyl groups is 2. The highest BCUT2D eigenvalue weighted by atomic mass is 16.6. The normalized spacial score (nSPS) is 15.8. The van der Waals surface area contributed by atoms with Crippen molar-refractivity contribution in [2.45, 2.75) is 12.5 Å². The van der Waals surface area contributed by atoms with Crippen molar-refractivity contribution in [3.05, 3.63) is 59.7 Å². The van der Waals surface area contributed by atoms with Gasteiger partial charge >= 0.3 is 0 Å². The Hall–Kier alpha value is -3.16. The number of hydrogen-bond acceptors (Lipinski definition) is 6. The molecule has 0 spiro atoms. The summed E-state index contributed by atoms with van der Waals surface area (Å²) < 4.78 is 0. The van der Waals surface area contributed by atoms with E-state index in [1.807, 2.05) is 48.5 Å². The second-order valence-corrected chi connectivity index (χ2v) is 6.27. The fraction of sp³-hybridized carbons (Fsp3) is 0.200. The molecule has 1 aromatic heterocycles. The fourth-order valence-electron chi connectivity index (χ4n) is 3.10. The molecule has 1 aliphatic heterocycles. The number of aromatic amines is 1. The Morgan fingerprint density at radius 2 is 1.89 bits per heavy atom. The lowest BCUT2D eigenvalue weighted by atomic mass is 10.0. The van der Waals surface area contributed by atoms with E-state index in [9.17, 15) is 10.2 Å². The van der Waals surface area contributed by atoms with Gasteiger partial charge in [-0.1, -0.05) is 41.6 Å². The largest absolute Gasteiger partial charge is 0.494 e. The van der Waals surface area contributed by atoms with Crippen molar-refractivity contribution < 1.29 is 20.2 Å². The molecule has 7 nitrogen and oxygen atoms in total. The lowest BCUT2D eigenvalue weighted by Crippen LogP contribution is -2.16. The van der Waals surface area contributed by atoms with E-state index in [2.05, 4.69) is 15.1 Å². The fourth-order valence-corrected chi connectivity index (χ4v) is 3.10. The summed E-state index contributed by atoms with van der Waals surface area (Å²) >= 11 is 0. The second-order valence-electron chi connectivity index (χ2n) is 6.27. The van der Waals surface area contributed by atoms with Crippen LogP contribution in [-0.4, -0.2) is 51.0 Å². The summed E-state index contributed by atoms with van der Waals surface area (Å²) in [5.41, 5.74) is 3.96. The van der Waals surface area contributed by atoms with Crippen LogP contribution in [0.2, 0.25) is 0 Å².